The summed E-state index contributed by atoms with van der Waals surface area (Å²) in [6.45, 7) is 2.00. The molecule has 0 fully saturated rings. The van der Waals surface area contributed by atoms with Gasteiger partial charge in [-0.25, -0.2) is 19.9 Å². The number of aromatic nitrogens is 5. The maximum Gasteiger partial charge on any atom is 0.182 e. The number of nitrogens with one attached hydrogen (secondary N) is 1. The van der Waals surface area contributed by atoms with Gasteiger partial charge in [-0.2, -0.15) is 0 Å². The van der Waals surface area contributed by atoms with Gasteiger partial charge in [0.15, 0.2) is 15.8 Å². The lowest BCUT2D eigenvalue weighted by Crippen LogP contribution is -1.97. The van der Waals surface area contributed by atoms with E-state index in [0.717, 1.165) is 38.6 Å². The van der Waals surface area contributed by atoms with Gasteiger partial charge in [0.1, 0.15) is 23.3 Å². The third-order valence-electron chi connectivity index (χ3n) is 4.57. The quantitative estimate of drug-likeness (QED) is 0.458. The minimum absolute atomic E-state index is 0.466. The fraction of sp³-hybridized carbons (Fsp3) is 0.100. The number of hydrogen-bond acceptors (Lipinski definition) is 8. The Labute approximate surface area is 170 Å². The van der Waals surface area contributed by atoms with Gasteiger partial charge in [-0.3, -0.25) is 0 Å². The summed E-state index contributed by atoms with van der Waals surface area (Å²) >= 11 is 1.33. The van der Waals surface area contributed by atoms with Crippen LogP contribution in [0.15, 0.2) is 49.1 Å². The maximum atomic E-state index is 6.08. The Morgan fingerprint density at radius 3 is 2.86 bits per heavy atom. The van der Waals surface area contributed by atoms with E-state index in [1.165, 1.54) is 17.7 Å². The highest BCUT2D eigenvalue weighted by molar-refractivity contribution is 7.21. The molecule has 0 saturated heterocycles. The van der Waals surface area contributed by atoms with Crippen molar-refractivity contribution in [1.82, 2.24) is 24.5 Å². The summed E-state index contributed by atoms with van der Waals surface area (Å²) in [4.78, 5) is 17.9. The van der Waals surface area contributed by atoms with E-state index in [-0.39, 0.29) is 0 Å². The van der Waals surface area contributed by atoms with Crippen LogP contribution < -0.4 is 15.8 Å². The van der Waals surface area contributed by atoms with Crippen molar-refractivity contribution >= 4 is 49.4 Å². The SMILES string of the molecule is Cc1cc(Nc2ncnc3sc(N)nc23)ccc1Oc1ccc2c(c1)ncn2C. The molecule has 0 aliphatic rings. The van der Waals surface area contributed by atoms with Gasteiger partial charge >= 0.3 is 0 Å². The number of nitrogens with zero attached hydrogens (tertiary/aromatic N) is 5. The van der Waals surface area contributed by atoms with Crippen LogP contribution in [0.1, 0.15) is 5.56 Å². The van der Waals surface area contributed by atoms with Gasteiger partial charge in [-0.05, 0) is 42.8 Å². The summed E-state index contributed by atoms with van der Waals surface area (Å²) in [6, 6.07) is 11.7. The first kappa shape index (κ1) is 17.4. The van der Waals surface area contributed by atoms with Crippen LogP contribution in [0.3, 0.4) is 0 Å². The summed E-state index contributed by atoms with van der Waals surface area (Å²) in [7, 11) is 1.97. The highest BCUT2D eigenvalue weighted by Crippen LogP contribution is 2.32. The van der Waals surface area contributed by atoms with Crippen molar-refractivity contribution in [1.29, 1.82) is 0 Å². The van der Waals surface area contributed by atoms with Crippen molar-refractivity contribution in [3.05, 3.63) is 54.6 Å². The molecule has 0 spiro atoms. The Morgan fingerprint density at radius 2 is 2.00 bits per heavy atom. The minimum Gasteiger partial charge on any atom is -0.457 e. The number of thiazole rings is 1. The van der Waals surface area contributed by atoms with Crippen LogP contribution in [0.4, 0.5) is 16.6 Å². The summed E-state index contributed by atoms with van der Waals surface area (Å²) in [6.07, 6.45) is 3.29. The van der Waals surface area contributed by atoms with Crippen LogP contribution in [0, 0.1) is 6.92 Å². The van der Waals surface area contributed by atoms with E-state index in [1.54, 1.807) is 6.33 Å². The zero-order valence-corrected chi connectivity index (χ0v) is 16.6. The molecular formula is C20H17N7OS. The highest BCUT2D eigenvalue weighted by Gasteiger charge is 2.11. The number of fused-ring (bicyclic) bond motifs is 2. The fourth-order valence-electron chi connectivity index (χ4n) is 3.15. The molecule has 8 nitrogen and oxygen atoms in total. The number of nitrogens with two attached hydrogens (primary N) is 1. The van der Waals surface area contributed by atoms with Gasteiger partial charge in [-0.15, -0.1) is 0 Å². The number of nitrogen functional groups attached to an aromatic ring is 1. The molecule has 5 rings (SSSR count). The van der Waals surface area contributed by atoms with E-state index in [9.17, 15) is 0 Å². The van der Waals surface area contributed by atoms with Crippen molar-refractivity contribution in [2.75, 3.05) is 11.1 Å². The van der Waals surface area contributed by atoms with Crippen molar-refractivity contribution in [3.63, 3.8) is 0 Å². The second-order valence-corrected chi connectivity index (χ2v) is 7.65. The minimum atomic E-state index is 0.466. The number of anilines is 3. The Morgan fingerprint density at radius 1 is 1.10 bits per heavy atom. The van der Waals surface area contributed by atoms with Gasteiger partial charge in [0.25, 0.3) is 0 Å². The van der Waals surface area contributed by atoms with Crippen LogP contribution in [0.2, 0.25) is 0 Å². The molecule has 2 aromatic carbocycles. The lowest BCUT2D eigenvalue weighted by atomic mass is 10.2. The number of benzene rings is 2. The molecule has 3 aromatic heterocycles. The smallest absolute Gasteiger partial charge is 0.182 e. The van der Waals surface area contributed by atoms with Crippen LogP contribution in [-0.4, -0.2) is 24.5 Å². The number of hydrogen-bond donors (Lipinski definition) is 2. The average Bonchev–Trinajstić information content (AvgIpc) is 3.26. The Kier molecular flexibility index (Phi) is 4.02. The average molecular weight is 403 g/mol. The third kappa shape index (κ3) is 3.21. The molecule has 3 N–H and O–H groups in total. The molecule has 0 atom stereocenters. The third-order valence-corrected chi connectivity index (χ3v) is 5.37. The molecule has 0 unspecified atom stereocenters. The zero-order chi connectivity index (χ0) is 20.0. The maximum absolute atomic E-state index is 6.08. The predicted octanol–water partition coefficient (Wildman–Crippen LogP) is 4.40. The van der Waals surface area contributed by atoms with E-state index >= 15 is 0 Å². The zero-order valence-electron chi connectivity index (χ0n) is 15.7. The normalized spacial score (nSPS) is 11.2. The van der Waals surface area contributed by atoms with Gasteiger partial charge < -0.3 is 20.4 Å². The monoisotopic (exact) mass is 403 g/mol. The lowest BCUT2D eigenvalue weighted by Gasteiger charge is -2.12. The topological polar surface area (TPSA) is 104 Å². The molecular weight excluding hydrogens is 386 g/mol. The van der Waals surface area contributed by atoms with Gasteiger partial charge in [0, 0.05) is 18.8 Å². The molecule has 144 valence electrons. The first-order chi connectivity index (χ1) is 14.1. The molecule has 9 heteroatoms. The Bertz CT molecular complexity index is 1360. The summed E-state index contributed by atoms with van der Waals surface area (Å²) < 4.78 is 8.05. The van der Waals surface area contributed by atoms with Gasteiger partial charge in [0.05, 0.1) is 17.4 Å². The molecule has 0 aliphatic carbocycles. The van der Waals surface area contributed by atoms with Crippen molar-refractivity contribution < 1.29 is 4.74 Å². The van der Waals surface area contributed by atoms with Crippen LogP contribution >= 0.6 is 11.3 Å². The van der Waals surface area contributed by atoms with E-state index in [0.29, 0.717) is 16.5 Å². The van der Waals surface area contributed by atoms with Gasteiger partial charge in [0.2, 0.25) is 0 Å². The fourth-order valence-corrected chi connectivity index (χ4v) is 3.82. The molecule has 3 heterocycles. The Hall–Kier alpha value is -3.72. The van der Waals surface area contributed by atoms with Crippen LogP contribution in [0.25, 0.3) is 21.4 Å². The van der Waals surface area contributed by atoms with E-state index < -0.39 is 0 Å². The van der Waals surface area contributed by atoms with E-state index in [1.807, 2.05) is 54.9 Å². The first-order valence-corrected chi connectivity index (χ1v) is 9.72. The number of ether oxygens (including phenoxy) is 1. The van der Waals surface area contributed by atoms with Crippen LogP contribution in [0.5, 0.6) is 11.5 Å². The summed E-state index contributed by atoms with van der Waals surface area (Å²) in [5.74, 6) is 2.14. The largest absolute Gasteiger partial charge is 0.457 e. The van der Waals surface area contributed by atoms with E-state index in [4.69, 9.17) is 10.5 Å². The Balaban J connectivity index is 1.40. The molecule has 0 amide bonds. The second-order valence-electron chi connectivity index (χ2n) is 6.64. The first-order valence-electron chi connectivity index (χ1n) is 8.90. The number of imidazole rings is 1. The predicted molar refractivity (Wildman–Crippen MR) is 115 cm³/mol. The van der Waals surface area contributed by atoms with Crippen molar-refractivity contribution in [2.45, 2.75) is 6.92 Å². The second kappa shape index (κ2) is 6.71. The van der Waals surface area contributed by atoms with E-state index in [2.05, 4.69) is 25.3 Å². The number of rotatable bonds is 4. The molecule has 5 aromatic rings. The highest BCUT2D eigenvalue weighted by atomic mass is 32.1. The van der Waals surface area contributed by atoms with Crippen LogP contribution in [-0.2, 0) is 7.05 Å². The van der Waals surface area contributed by atoms with Crippen molar-refractivity contribution in [3.8, 4) is 11.5 Å². The summed E-state index contributed by atoms with van der Waals surface area (Å²) in [5, 5.41) is 3.75. The number of aryl methyl sites for hydroxylation is 2. The molecule has 0 radical (unpaired) electrons. The molecule has 0 aliphatic heterocycles. The van der Waals surface area contributed by atoms with Crippen molar-refractivity contribution in [2.24, 2.45) is 7.05 Å². The molecule has 0 bridgehead atoms. The standard InChI is InChI=1S/C20H17N7OS/c1-11-7-12(25-18-17-19(23-9-22-18)29-20(21)26-17)3-6-16(11)28-13-4-5-15-14(8-13)24-10-27(15)2/h3-10H,1-2H3,(H2,21,26)(H,22,23,25). The summed E-state index contributed by atoms with van der Waals surface area (Å²) in [5.41, 5.74) is 10.3. The van der Waals surface area contributed by atoms with Gasteiger partial charge in [-0.1, -0.05) is 11.3 Å². The molecule has 0 saturated carbocycles. The lowest BCUT2D eigenvalue weighted by molar-refractivity contribution is 0.479. The molecule has 29 heavy (non-hydrogen) atoms.